The lowest BCUT2D eigenvalue weighted by Gasteiger charge is -2.20. The lowest BCUT2D eigenvalue weighted by atomic mass is 10.0. The largest absolute Gasteiger partial charge is 0.466 e. The van der Waals surface area contributed by atoms with Crippen molar-refractivity contribution in [1.29, 1.82) is 0 Å². The van der Waals surface area contributed by atoms with E-state index in [1.807, 2.05) is 6.92 Å². The zero-order chi connectivity index (χ0) is 13.3. The first kappa shape index (κ1) is 15.4. The molecule has 1 heterocycles. The molecule has 0 saturated carbocycles. The molecule has 0 spiro atoms. The number of unbranched alkanes of at least 4 members (excludes halogenated alkanes) is 2. The normalized spacial score (nSPS) is 23.2. The van der Waals surface area contributed by atoms with Gasteiger partial charge in [-0.15, -0.1) is 0 Å². The molecule has 18 heavy (non-hydrogen) atoms. The summed E-state index contributed by atoms with van der Waals surface area (Å²) < 4.78 is 10.0. The Labute approximate surface area is 109 Å². The van der Waals surface area contributed by atoms with Crippen molar-refractivity contribution in [2.75, 3.05) is 32.9 Å². The van der Waals surface area contributed by atoms with Gasteiger partial charge in [-0.2, -0.15) is 0 Å². The summed E-state index contributed by atoms with van der Waals surface area (Å²) in [6.45, 7) is 4.82. The molecule has 2 N–H and O–H groups in total. The first-order chi connectivity index (χ1) is 8.66. The predicted molar refractivity (Wildman–Crippen MR) is 68.4 cm³/mol. The van der Waals surface area contributed by atoms with Crippen molar-refractivity contribution in [3.8, 4) is 0 Å². The van der Waals surface area contributed by atoms with Gasteiger partial charge in [-0.05, 0) is 26.3 Å². The van der Waals surface area contributed by atoms with Crippen molar-refractivity contribution in [3.05, 3.63) is 0 Å². The molecule has 0 aromatic carbocycles. The first-order valence-electron chi connectivity index (χ1n) is 6.83. The van der Waals surface area contributed by atoms with Crippen molar-refractivity contribution in [2.24, 2.45) is 0 Å². The van der Waals surface area contributed by atoms with Gasteiger partial charge in [0, 0.05) is 26.0 Å². The van der Waals surface area contributed by atoms with Gasteiger partial charge in [-0.1, -0.05) is 6.42 Å². The summed E-state index contributed by atoms with van der Waals surface area (Å²) in [7, 11) is 0. The van der Waals surface area contributed by atoms with E-state index in [-0.39, 0.29) is 5.97 Å². The predicted octanol–water partition coefficient (Wildman–Crippen LogP) is 0.851. The second kappa shape index (κ2) is 8.45. The molecular weight excluding hydrogens is 234 g/mol. The molecule has 106 valence electrons. The molecular formula is C13H25NO4. The minimum atomic E-state index is -0.676. The van der Waals surface area contributed by atoms with Gasteiger partial charge < -0.3 is 19.9 Å². The standard InChI is InChI=1S/C13H25NO4/c1-2-18-12(15)6-4-3-5-8-14-10-13(16)7-9-17-11-13/h14,16H,2-11H2,1H3. The Balaban J connectivity index is 1.88. The lowest BCUT2D eigenvalue weighted by Crippen LogP contribution is -2.41. The maximum absolute atomic E-state index is 11.1. The van der Waals surface area contributed by atoms with E-state index < -0.39 is 5.60 Å². The number of esters is 1. The number of nitrogens with one attached hydrogen (secondary N) is 1. The van der Waals surface area contributed by atoms with Crippen LogP contribution in [-0.4, -0.2) is 49.6 Å². The van der Waals surface area contributed by atoms with Crippen LogP contribution >= 0.6 is 0 Å². The number of hydrogen-bond donors (Lipinski definition) is 2. The first-order valence-corrected chi connectivity index (χ1v) is 6.83. The van der Waals surface area contributed by atoms with Gasteiger partial charge in [0.05, 0.1) is 13.2 Å². The Hall–Kier alpha value is -0.650. The van der Waals surface area contributed by atoms with Gasteiger partial charge in [0.25, 0.3) is 0 Å². The van der Waals surface area contributed by atoms with E-state index in [0.717, 1.165) is 25.8 Å². The van der Waals surface area contributed by atoms with Crippen LogP contribution in [0.5, 0.6) is 0 Å². The Morgan fingerprint density at radius 2 is 2.28 bits per heavy atom. The number of hydrogen-bond acceptors (Lipinski definition) is 5. The number of carbonyl (C=O) groups is 1. The molecule has 5 heteroatoms. The molecule has 5 nitrogen and oxygen atoms in total. The monoisotopic (exact) mass is 259 g/mol. The average molecular weight is 259 g/mol. The number of ether oxygens (including phenoxy) is 2. The molecule has 0 aliphatic carbocycles. The molecule has 1 atom stereocenters. The maximum Gasteiger partial charge on any atom is 0.305 e. The van der Waals surface area contributed by atoms with Gasteiger partial charge in [0.15, 0.2) is 0 Å². The van der Waals surface area contributed by atoms with Gasteiger partial charge in [0.1, 0.15) is 5.60 Å². The van der Waals surface area contributed by atoms with Gasteiger partial charge in [-0.25, -0.2) is 0 Å². The van der Waals surface area contributed by atoms with Crippen LogP contribution in [-0.2, 0) is 14.3 Å². The molecule has 1 aliphatic rings. The van der Waals surface area contributed by atoms with Crippen LogP contribution in [0.15, 0.2) is 0 Å². The molecule has 0 aromatic rings. The fraction of sp³-hybridized carbons (Fsp3) is 0.923. The fourth-order valence-electron chi connectivity index (χ4n) is 1.99. The van der Waals surface area contributed by atoms with E-state index in [1.165, 1.54) is 0 Å². The van der Waals surface area contributed by atoms with Crippen LogP contribution in [0.3, 0.4) is 0 Å². The van der Waals surface area contributed by atoms with E-state index in [0.29, 0.717) is 39.2 Å². The third-order valence-corrected chi connectivity index (χ3v) is 3.08. The smallest absolute Gasteiger partial charge is 0.305 e. The molecule has 0 aromatic heterocycles. The van der Waals surface area contributed by atoms with Gasteiger partial charge >= 0.3 is 5.97 Å². The quantitative estimate of drug-likeness (QED) is 0.474. The molecule has 1 aliphatic heterocycles. The molecule has 0 radical (unpaired) electrons. The molecule has 0 bridgehead atoms. The van der Waals surface area contributed by atoms with Crippen LogP contribution in [0.4, 0.5) is 0 Å². The summed E-state index contributed by atoms with van der Waals surface area (Å²) in [5, 5.41) is 13.2. The highest BCUT2D eigenvalue weighted by Gasteiger charge is 2.31. The molecule has 1 saturated heterocycles. The van der Waals surface area contributed by atoms with Crippen molar-refractivity contribution >= 4 is 5.97 Å². The lowest BCUT2D eigenvalue weighted by molar-refractivity contribution is -0.143. The molecule has 0 amide bonds. The molecule has 1 fully saturated rings. The van der Waals surface area contributed by atoms with Crippen LogP contribution in [0, 0.1) is 0 Å². The van der Waals surface area contributed by atoms with E-state index in [4.69, 9.17) is 9.47 Å². The van der Waals surface area contributed by atoms with Crippen molar-refractivity contribution in [1.82, 2.24) is 5.32 Å². The highest BCUT2D eigenvalue weighted by atomic mass is 16.5. The summed E-state index contributed by atoms with van der Waals surface area (Å²) in [5.41, 5.74) is -0.676. The number of carbonyl (C=O) groups excluding carboxylic acids is 1. The van der Waals surface area contributed by atoms with E-state index in [2.05, 4.69) is 5.32 Å². The van der Waals surface area contributed by atoms with Gasteiger partial charge in [0.2, 0.25) is 0 Å². The third-order valence-electron chi connectivity index (χ3n) is 3.08. The third kappa shape index (κ3) is 6.33. The molecule has 1 rings (SSSR count). The van der Waals surface area contributed by atoms with Crippen LogP contribution < -0.4 is 5.32 Å². The van der Waals surface area contributed by atoms with Crippen molar-refractivity contribution in [3.63, 3.8) is 0 Å². The fourth-order valence-corrected chi connectivity index (χ4v) is 1.99. The number of rotatable bonds is 9. The highest BCUT2D eigenvalue weighted by Crippen LogP contribution is 2.16. The van der Waals surface area contributed by atoms with Crippen LogP contribution in [0.1, 0.15) is 39.0 Å². The summed E-state index contributed by atoms with van der Waals surface area (Å²) >= 11 is 0. The summed E-state index contributed by atoms with van der Waals surface area (Å²) in [6.07, 6.45) is 4.10. The van der Waals surface area contributed by atoms with Gasteiger partial charge in [-0.3, -0.25) is 4.79 Å². The summed E-state index contributed by atoms with van der Waals surface area (Å²) in [6, 6.07) is 0. The zero-order valence-electron chi connectivity index (χ0n) is 11.2. The second-order valence-corrected chi connectivity index (χ2v) is 4.82. The van der Waals surface area contributed by atoms with E-state index in [9.17, 15) is 9.90 Å². The van der Waals surface area contributed by atoms with E-state index in [1.54, 1.807) is 0 Å². The molecule has 1 unspecified atom stereocenters. The average Bonchev–Trinajstić information content (AvgIpc) is 2.75. The Bertz CT molecular complexity index is 239. The Morgan fingerprint density at radius 3 is 2.94 bits per heavy atom. The van der Waals surface area contributed by atoms with Crippen molar-refractivity contribution in [2.45, 2.75) is 44.6 Å². The minimum absolute atomic E-state index is 0.108. The minimum Gasteiger partial charge on any atom is -0.466 e. The second-order valence-electron chi connectivity index (χ2n) is 4.82. The number of aliphatic hydroxyl groups is 1. The SMILES string of the molecule is CCOC(=O)CCCCCNCC1(O)CCOC1. The summed E-state index contributed by atoms with van der Waals surface area (Å²) in [4.78, 5) is 11.1. The Morgan fingerprint density at radius 1 is 1.44 bits per heavy atom. The van der Waals surface area contributed by atoms with Crippen LogP contribution in [0.25, 0.3) is 0 Å². The van der Waals surface area contributed by atoms with E-state index >= 15 is 0 Å². The maximum atomic E-state index is 11.1. The highest BCUT2D eigenvalue weighted by molar-refractivity contribution is 5.69. The van der Waals surface area contributed by atoms with Crippen molar-refractivity contribution < 1.29 is 19.4 Å². The Kier molecular flexibility index (Phi) is 7.23. The zero-order valence-corrected chi connectivity index (χ0v) is 11.2. The summed E-state index contributed by atoms with van der Waals surface area (Å²) in [5.74, 6) is -0.108. The van der Waals surface area contributed by atoms with Crippen LogP contribution in [0.2, 0.25) is 0 Å². The topological polar surface area (TPSA) is 67.8 Å².